The Labute approximate surface area is 150 Å². The second-order valence-electron chi connectivity index (χ2n) is 10.0. The van der Waals surface area contributed by atoms with Crippen LogP contribution in [-0.4, -0.2) is 20.7 Å². The van der Waals surface area contributed by atoms with E-state index in [9.17, 15) is 4.79 Å². The van der Waals surface area contributed by atoms with E-state index in [1.165, 1.54) is 18.4 Å². The molecule has 2 nitrogen and oxygen atoms in total. The molecule has 0 unspecified atom stereocenters. The predicted molar refractivity (Wildman–Crippen MR) is 105 cm³/mol. The Morgan fingerprint density at radius 1 is 1.33 bits per heavy atom. The minimum absolute atomic E-state index is 0.154. The second-order valence-corrected chi connectivity index (χ2v) is 14.8. The van der Waals surface area contributed by atoms with Crippen LogP contribution in [0.3, 0.4) is 0 Å². The van der Waals surface area contributed by atoms with E-state index in [-0.39, 0.29) is 16.4 Å². The smallest absolute Gasteiger partial charge is 0.191 e. The molecule has 2 rings (SSSR count). The maximum atomic E-state index is 12.4. The van der Waals surface area contributed by atoms with Gasteiger partial charge < -0.3 is 4.43 Å². The van der Waals surface area contributed by atoms with Gasteiger partial charge in [0, 0.05) is 18.9 Å². The highest BCUT2D eigenvalue weighted by Gasteiger charge is 2.53. The van der Waals surface area contributed by atoms with Crippen LogP contribution in [0.4, 0.5) is 0 Å². The first-order chi connectivity index (χ1) is 10.9. The molecule has 0 aliphatic heterocycles. The quantitative estimate of drug-likeness (QED) is 0.460. The first-order valence-electron chi connectivity index (χ1n) is 9.73. The molecule has 24 heavy (non-hydrogen) atoms. The van der Waals surface area contributed by atoms with Crippen molar-refractivity contribution in [2.45, 2.75) is 84.9 Å². The highest BCUT2D eigenvalue weighted by Crippen LogP contribution is 2.57. The predicted octanol–water partition coefficient (Wildman–Crippen LogP) is 5.99. The third-order valence-electron chi connectivity index (χ3n) is 7.63. The molecular formula is C21H38O2Si. The van der Waals surface area contributed by atoms with Crippen molar-refractivity contribution in [2.75, 3.05) is 6.61 Å². The molecule has 0 saturated heterocycles. The molecule has 0 radical (unpaired) electrons. The van der Waals surface area contributed by atoms with E-state index in [0.717, 1.165) is 25.9 Å². The summed E-state index contributed by atoms with van der Waals surface area (Å²) in [6.07, 6.45) is 5.36. The average molecular weight is 351 g/mol. The Morgan fingerprint density at radius 3 is 2.42 bits per heavy atom. The first kappa shape index (κ1) is 19.9. The summed E-state index contributed by atoms with van der Waals surface area (Å²) in [4.78, 5) is 12.4. The number of hydrogen-bond acceptors (Lipinski definition) is 2. The van der Waals surface area contributed by atoms with E-state index in [1.807, 2.05) is 0 Å². The fourth-order valence-electron chi connectivity index (χ4n) is 4.56. The van der Waals surface area contributed by atoms with Crippen molar-refractivity contribution in [1.29, 1.82) is 0 Å². The van der Waals surface area contributed by atoms with E-state index in [4.69, 9.17) is 4.43 Å². The van der Waals surface area contributed by atoms with Crippen molar-refractivity contribution in [3.63, 3.8) is 0 Å². The fraction of sp³-hybridized carbons (Fsp3) is 0.857. The van der Waals surface area contributed by atoms with Crippen LogP contribution in [0.2, 0.25) is 18.1 Å². The third-order valence-corrected chi connectivity index (χ3v) is 12.1. The van der Waals surface area contributed by atoms with Crippen LogP contribution in [-0.2, 0) is 9.22 Å². The maximum Gasteiger partial charge on any atom is 0.191 e. The lowest BCUT2D eigenvalue weighted by atomic mass is 9.58. The Kier molecular flexibility index (Phi) is 5.57. The standard InChI is InChI=1S/C21H38O2Si/c1-15(2)17-9-10-18(14-23-24(7,8)20(4,5)6)21(13-17)12-11-19(22)16(21)3/h16-18H,1,9-14H2,2-8H3/t16-,17-,18+,21+/m0/s1. The molecule has 1 spiro atoms. The summed E-state index contributed by atoms with van der Waals surface area (Å²) < 4.78 is 6.60. The van der Waals surface area contributed by atoms with E-state index in [2.05, 4.69) is 54.3 Å². The minimum atomic E-state index is -1.74. The van der Waals surface area contributed by atoms with Crippen LogP contribution >= 0.6 is 0 Å². The molecule has 0 aromatic heterocycles. The summed E-state index contributed by atoms with van der Waals surface area (Å²) in [7, 11) is -1.74. The lowest BCUT2D eigenvalue weighted by Crippen LogP contribution is -2.47. The van der Waals surface area contributed by atoms with Crippen molar-refractivity contribution >= 4 is 14.1 Å². The van der Waals surface area contributed by atoms with Crippen molar-refractivity contribution in [3.8, 4) is 0 Å². The van der Waals surface area contributed by atoms with Crippen LogP contribution < -0.4 is 0 Å². The summed E-state index contributed by atoms with van der Waals surface area (Å²) in [5.74, 6) is 1.77. The van der Waals surface area contributed by atoms with E-state index in [0.29, 0.717) is 17.6 Å². The SMILES string of the molecule is C=C(C)[C@H]1CC[C@H](CO[Si](C)(C)C(C)(C)C)[C@]2(CCC(=O)[C@@H]2C)C1. The Bertz CT molecular complexity index is 502. The van der Waals surface area contributed by atoms with E-state index >= 15 is 0 Å². The lowest BCUT2D eigenvalue weighted by molar-refractivity contribution is -0.123. The summed E-state index contributed by atoms with van der Waals surface area (Å²) in [6, 6.07) is 0. The topological polar surface area (TPSA) is 26.3 Å². The Hall–Kier alpha value is -0.413. The number of ketones is 1. The van der Waals surface area contributed by atoms with Gasteiger partial charge in [-0.2, -0.15) is 0 Å². The fourth-order valence-corrected chi connectivity index (χ4v) is 5.61. The molecule has 2 saturated carbocycles. The number of allylic oxidation sites excluding steroid dienone is 1. The first-order valence-corrected chi connectivity index (χ1v) is 12.6. The van der Waals surface area contributed by atoms with Gasteiger partial charge in [-0.05, 0) is 68.0 Å². The Morgan fingerprint density at radius 2 is 1.96 bits per heavy atom. The molecule has 4 atom stereocenters. The average Bonchev–Trinajstić information content (AvgIpc) is 2.74. The lowest BCUT2D eigenvalue weighted by Gasteiger charge is -2.49. The maximum absolute atomic E-state index is 12.4. The summed E-state index contributed by atoms with van der Waals surface area (Å²) in [5, 5.41) is 0.242. The normalized spacial score (nSPS) is 34.8. The largest absolute Gasteiger partial charge is 0.417 e. The second kappa shape index (κ2) is 6.72. The molecule has 0 N–H and O–H groups in total. The van der Waals surface area contributed by atoms with E-state index < -0.39 is 8.32 Å². The molecule has 2 fully saturated rings. The van der Waals surface area contributed by atoms with Gasteiger partial charge in [-0.15, -0.1) is 0 Å². The molecule has 138 valence electrons. The van der Waals surface area contributed by atoms with Gasteiger partial charge in [0.1, 0.15) is 5.78 Å². The van der Waals surface area contributed by atoms with Gasteiger partial charge in [0.2, 0.25) is 0 Å². The van der Waals surface area contributed by atoms with Gasteiger partial charge in [-0.25, -0.2) is 0 Å². The highest BCUT2D eigenvalue weighted by molar-refractivity contribution is 6.74. The van der Waals surface area contributed by atoms with Gasteiger partial charge in [0.05, 0.1) is 0 Å². The Balaban J connectivity index is 2.19. The van der Waals surface area contributed by atoms with Gasteiger partial charge in [0.25, 0.3) is 0 Å². The van der Waals surface area contributed by atoms with Gasteiger partial charge >= 0.3 is 0 Å². The zero-order valence-corrected chi connectivity index (χ0v) is 18.0. The van der Waals surface area contributed by atoms with Gasteiger partial charge in [-0.1, -0.05) is 39.8 Å². The van der Waals surface area contributed by atoms with Crippen molar-refractivity contribution < 1.29 is 9.22 Å². The number of carbonyl (C=O) groups excluding carboxylic acids is 1. The molecule has 0 bridgehead atoms. The number of rotatable bonds is 4. The monoisotopic (exact) mass is 350 g/mol. The van der Waals surface area contributed by atoms with Crippen LogP contribution in [0.15, 0.2) is 12.2 Å². The van der Waals surface area contributed by atoms with Crippen molar-refractivity contribution in [2.24, 2.45) is 23.2 Å². The molecule has 2 aliphatic carbocycles. The number of Topliss-reactive ketones (excluding diaryl/α,β-unsaturated/α-hetero) is 1. The third kappa shape index (κ3) is 3.58. The van der Waals surface area contributed by atoms with Gasteiger partial charge in [-0.3, -0.25) is 4.79 Å². The summed E-state index contributed by atoms with van der Waals surface area (Å²) >= 11 is 0. The van der Waals surface area contributed by atoms with Gasteiger partial charge in [0.15, 0.2) is 8.32 Å². The van der Waals surface area contributed by atoms with E-state index in [1.54, 1.807) is 0 Å². The molecule has 0 aromatic carbocycles. The summed E-state index contributed by atoms with van der Waals surface area (Å²) in [5.41, 5.74) is 1.45. The molecule has 0 amide bonds. The van der Waals surface area contributed by atoms with Crippen LogP contribution in [0.5, 0.6) is 0 Å². The van der Waals surface area contributed by atoms with Crippen LogP contribution in [0.1, 0.15) is 66.7 Å². The number of hydrogen-bond donors (Lipinski definition) is 0. The van der Waals surface area contributed by atoms with Crippen molar-refractivity contribution in [3.05, 3.63) is 12.2 Å². The van der Waals surface area contributed by atoms with Crippen molar-refractivity contribution in [1.82, 2.24) is 0 Å². The van der Waals surface area contributed by atoms with Crippen LogP contribution in [0, 0.1) is 23.2 Å². The van der Waals surface area contributed by atoms with Crippen LogP contribution in [0.25, 0.3) is 0 Å². The molecule has 2 aliphatic rings. The summed E-state index contributed by atoms with van der Waals surface area (Å²) in [6.45, 7) is 21.0. The molecule has 0 heterocycles. The highest BCUT2D eigenvalue weighted by atomic mass is 28.4. The zero-order valence-electron chi connectivity index (χ0n) is 17.0. The minimum Gasteiger partial charge on any atom is -0.417 e. The molecular weight excluding hydrogens is 312 g/mol. The molecule has 3 heteroatoms. The molecule has 0 aromatic rings. The number of carbonyl (C=O) groups is 1. The zero-order chi connectivity index (χ0) is 18.3.